The van der Waals surface area contributed by atoms with Crippen molar-refractivity contribution in [2.45, 2.75) is 39.2 Å². The van der Waals surface area contributed by atoms with E-state index in [0.29, 0.717) is 12.2 Å². The molecular formula is C18H22N4O2. The van der Waals surface area contributed by atoms with E-state index in [9.17, 15) is 9.59 Å². The largest absolute Gasteiger partial charge is 0.355 e. The normalized spacial score (nSPS) is 14.1. The number of hydrogen-bond donors (Lipinski definition) is 2. The molecule has 3 rings (SSSR count). The zero-order chi connectivity index (χ0) is 17.1. The number of amides is 2. The molecule has 1 aromatic heterocycles. The van der Waals surface area contributed by atoms with E-state index in [2.05, 4.69) is 15.7 Å². The van der Waals surface area contributed by atoms with Crippen molar-refractivity contribution in [1.29, 1.82) is 0 Å². The molecule has 24 heavy (non-hydrogen) atoms. The van der Waals surface area contributed by atoms with Crippen LogP contribution in [0.25, 0.3) is 5.69 Å². The van der Waals surface area contributed by atoms with Crippen molar-refractivity contribution in [1.82, 2.24) is 20.4 Å². The molecule has 0 bridgehead atoms. The van der Waals surface area contributed by atoms with Gasteiger partial charge >= 0.3 is 0 Å². The van der Waals surface area contributed by atoms with Crippen LogP contribution >= 0.6 is 0 Å². The molecule has 126 valence electrons. The van der Waals surface area contributed by atoms with Gasteiger partial charge in [-0.25, -0.2) is 4.68 Å². The maximum atomic E-state index is 12.6. The molecule has 1 aliphatic carbocycles. The maximum absolute atomic E-state index is 12.6. The number of nitrogens with one attached hydrogen (secondary N) is 2. The Morgan fingerprint density at radius 1 is 1.25 bits per heavy atom. The van der Waals surface area contributed by atoms with Crippen molar-refractivity contribution in [3.8, 4) is 5.69 Å². The van der Waals surface area contributed by atoms with Crippen LogP contribution in [0.5, 0.6) is 0 Å². The van der Waals surface area contributed by atoms with Crippen LogP contribution in [0.1, 0.15) is 42.0 Å². The number of carbonyl (C=O) groups is 2. The molecule has 6 nitrogen and oxygen atoms in total. The lowest BCUT2D eigenvalue weighted by molar-refractivity contribution is -0.122. The molecule has 1 unspecified atom stereocenters. The topological polar surface area (TPSA) is 76.0 Å². The summed E-state index contributed by atoms with van der Waals surface area (Å²) >= 11 is 0. The minimum atomic E-state index is -0.587. The highest BCUT2D eigenvalue weighted by Gasteiger charge is 2.28. The van der Waals surface area contributed by atoms with Crippen molar-refractivity contribution in [3.63, 3.8) is 0 Å². The smallest absolute Gasteiger partial charge is 0.272 e. The molecule has 1 aliphatic rings. The van der Waals surface area contributed by atoms with Gasteiger partial charge in [0.2, 0.25) is 5.91 Å². The van der Waals surface area contributed by atoms with E-state index in [4.69, 9.17) is 0 Å². The first-order valence-electron chi connectivity index (χ1n) is 8.36. The lowest BCUT2D eigenvalue weighted by Gasteiger charge is -2.12. The lowest BCUT2D eigenvalue weighted by Crippen LogP contribution is -2.45. The molecule has 2 amide bonds. The second-order valence-corrected chi connectivity index (χ2v) is 5.96. The van der Waals surface area contributed by atoms with Crippen LogP contribution in [0, 0.1) is 0 Å². The first-order valence-corrected chi connectivity index (χ1v) is 8.36. The Morgan fingerprint density at radius 3 is 2.71 bits per heavy atom. The third-order valence-electron chi connectivity index (χ3n) is 4.24. The van der Waals surface area contributed by atoms with Gasteiger partial charge in [-0.1, -0.05) is 18.2 Å². The third kappa shape index (κ3) is 3.04. The summed E-state index contributed by atoms with van der Waals surface area (Å²) in [5.74, 6) is -0.480. The molecule has 0 fully saturated rings. The van der Waals surface area contributed by atoms with Gasteiger partial charge < -0.3 is 10.6 Å². The summed E-state index contributed by atoms with van der Waals surface area (Å²) in [5, 5.41) is 9.99. The van der Waals surface area contributed by atoms with Crippen molar-refractivity contribution in [2.24, 2.45) is 0 Å². The van der Waals surface area contributed by atoms with Crippen LogP contribution in [-0.4, -0.2) is 34.2 Å². The third-order valence-corrected chi connectivity index (χ3v) is 4.24. The van der Waals surface area contributed by atoms with Gasteiger partial charge in [0.25, 0.3) is 5.91 Å². The summed E-state index contributed by atoms with van der Waals surface area (Å²) in [5.41, 5.74) is 3.48. The van der Waals surface area contributed by atoms with Gasteiger partial charge in [0.1, 0.15) is 6.04 Å². The molecule has 1 heterocycles. The standard InChI is InChI=1S/C18H22N4O2/c1-3-19-17(23)12(2)20-18(24)16-14-10-7-11-15(14)22(21-16)13-8-5-4-6-9-13/h4-6,8-9,12H,3,7,10-11H2,1-2H3,(H,19,23)(H,20,24). The van der Waals surface area contributed by atoms with E-state index >= 15 is 0 Å². The number of rotatable bonds is 5. The Morgan fingerprint density at radius 2 is 2.00 bits per heavy atom. The quantitative estimate of drug-likeness (QED) is 0.876. The molecule has 2 N–H and O–H groups in total. The Labute approximate surface area is 141 Å². The highest BCUT2D eigenvalue weighted by atomic mass is 16.2. The molecule has 0 aliphatic heterocycles. The van der Waals surface area contributed by atoms with Crippen LogP contribution in [0.3, 0.4) is 0 Å². The van der Waals surface area contributed by atoms with Crippen molar-refractivity contribution >= 4 is 11.8 Å². The first-order chi connectivity index (χ1) is 11.6. The lowest BCUT2D eigenvalue weighted by atomic mass is 10.2. The summed E-state index contributed by atoms with van der Waals surface area (Å²) in [4.78, 5) is 24.4. The van der Waals surface area contributed by atoms with Crippen LogP contribution in [0.2, 0.25) is 0 Å². The van der Waals surface area contributed by atoms with Crippen LogP contribution in [0.15, 0.2) is 30.3 Å². The highest BCUT2D eigenvalue weighted by Crippen LogP contribution is 2.27. The molecule has 2 aromatic rings. The number of hydrogen-bond acceptors (Lipinski definition) is 3. The average molecular weight is 326 g/mol. The highest BCUT2D eigenvalue weighted by molar-refractivity contribution is 5.97. The maximum Gasteiger partial charge on any atom is 0.272 e. The number of aromatic nitrogens is 2. The summed E-state index contributed by atoms with van der Waals surface area (Å²) in [7, 11) is 0. The number of likely N-dealkylation sites (N-methyl/N-ethyl adjacent to an activating group) is 1. The molecule has 1 atom stereocenters. The van der Waals surface area contributed by atoms with Gasteiger partial charge in [0.15, 0.2) is 5.69 Å². The van der Waals surface area contributed by atoms with Gasteiger partial charge in [-0.3, -0.25) is 9.59 Å². The van der Waals surface area contributed by atoms with E-state index in [1.807, 2.05) is 41.9 Å². The Hall–Kier alpha value is -2.63. The predicted octanol–water partition coefficient (Wildman–Crippen LogP) is 1.62. The zero-order valence-corrected chi connectivity index (χ0v) is 14.0. The van der Waals surface area contributed by atoms with Gasteiger partial charge in [0.05, 0.1) is 5.69 Å². The fourth-order valence-electron chi connectivity index (χ4n) is 3.06. The number of nitrogens with zero attached hydrogens (tertiary/aromatic N) is 2. The second kappa shape index (κ2) is 6.86. The van der Waals surface area contributed by atoms with Gasteiger partial charge in [-0.05, 0) is 45.2 Å². The molecule has 0 saturated carbocycles. The Balaban J connectivity index is 1.87. The summed E-state index contributed by atoms with van der Waals surface area (Å²) in [6.45, 7) is 4.06. The van der Waals surface area contributed by atoms with E-state index < -0.39 is 6.04 Å². The van der Waals surface area contributed by atoms with E-state index in [1.54, 1.807) is 6.92 Å². The van der Waals surface area contributed by atoms with Crippen molar-refractivity contribution in [3.05, 3.63) is 47.3 Å². The van der Waals surface area contributed by atoms with E-state index in [1.165, 1.54) is 0 Å². The SMILES string of the molecule is CCNC(=O)C(C)NC(=O)c1nn(-c2ccccc2)c2c1CCC2. The van der Waals surface area contributed by atoms with Crippen molar-refractivity contribution < 1.29 is 9.59 Å². The fourth-order valence-corrected chi connectivity index (χ4v) is 3.06. The summed E-state index contributed by atoms with van der Waals surface area (Å²) in [6, 6.07) is 9.23. The van der Waals surface area contributed by atoms with Crippen LogP contribution in [0.4, 0.5) is 0 Å². The van der Waals surface area contributed by atoms with Crippen molar-refractivity contribution in [2.75, 3.05) is 6.54 Å². The predicted molar refractivity (Wildman–Crippen MR) is 91.2 cm³/mol. The van der Waals surface area contributed by atoms with Gasteiger partial charge in [-0.15, -0.1) is 0 Å². The summed E-state index contributed by atoms with van der Waals surface area (Å²) in [6.07, 6.45) is 2.78. The van der Waals surface area contributed by atoms with Gasteiger partial charge in [-0.2, -0.15) is 5.10 Å². The number of benzene rings is 1. The molecule has 0 spiro atoms. The number of para-hydroxylation sites is 1. The fraction of sp³-hybridized carbons (Fsp3) is 0.389. The minimum absolute atomic E-state index is 0.190. The average Bonchev–Trinajstić information content (AvgIpc) is 3.17. The Bertz CT molecular complexity index is 752. The molecule has 1 aromatic carbocycles. The van der Waals surface area contributed by atoms with E-state index in [0.717, 1.165) is 36.2 Å². The number of carbonyl (C=O) groups excluding carboxylic acids is 2. The van der Waals surface area contributed by atoms with Crippen LogP contribution < -0.4 is 10.6 Å². The molecule has 6 heteroatoms. The zero-order valence-electron chi connectivity index (χ0n) is 14.0. The molecule has 0 saturated heterocycles. The Kier molecular flexibility index (Phi) is 4.64. The van der Waals surface area contributed by atoms with Crippen LogP contribution in [-0.2, 0) is 17.6 Å². The van der Waals surface area contributed by atoms with Gasteiger partial charge in [0, 0.05) is 17.8 Å². The summed E-state index contributed by atoms with van der Waals surface area (Å²) < 4.78 is 1.86. The van der Waals surface area contributed by atoms with E-state index in [-0.39, 0.29) is 11.8 Å². The number of fused-ring (bicyclic) bond motifs is 1. The second-order valence-electron chi connectivity index (χ2n) is 5.96. The monoisotopic (exact) mass is 326 g/mol. The minimum Gasteiger partial charge on any atom is -0.355 e. The first kappa shape index (κ1) is 16.2. The molecular weight excluding hydrogens is 304 g/mol. The molecule has 0 radical (unpaired) electrons.